The van der Waals surface area contributed by atoms with Gasteiger partial charge < -0.3 is 9.90 Å². The first-order valence-electron chi connectivity index (χ1n) is 10.7. The molecule has 1 aromatic heterocycles. The van der Waals surface area contributed by atoms with Gasteiger partial charge in [0, 0.05) is 22.8 Å². The second-order valence-electron chi connectivity index (χ2n) is 8.51. The van der Waals surface area contributed by atoms with Crippen LogP contribution in [0.3, 0.4) is 0 Å². The van der Waals surface area contributed by atoms with Crippen LogP contribution in [0.15, 0.2) is 29.2 Å². The van der Waals surface area contributed by atoms with Gasteiger partial charge in [-0.3, -0.25) is 0 Å². The highest BCUT2D eigenvalue weighted by molar-refractivity contribution is 7.99. The average Bonchev–Trinajstić information content (AvgIpc) is 2.70. The molecule has 0 saturated carbocycles. The largest absolute Gasteiger partial charge is 0.550 e. The zero-order valence-electron chi connectivity index (χ0n) is 18.1. The standard InChI is InChI=1S/C25H30N2O2S/c1-4-5-6-7-8-18-16-23-22(25(2,3)13-14-30-23)15-19(18)9-10-20-11-12-21(27-26-20)17-24(28)29/h11-12,15-16H,4-8,13-14,17H2,1-3H3,(H,28,29)/p-1. The highest BCUT2D eigenvalue weighted by atomic mass is 32.2. The summed E-state index contributed by atoms with van der Waals surface area (Å²) in [4.78, 5) is 12.1. The summed E-state index contributed by atoms with van der Waals surface area (Å²) in [6.07, 6.45) is 6.88. The number of aromatic nitrogens is 2. The summed E-state index contributed by atoms with van der Waals surface area (Å²) < 4.78 is 0. The van der Waals surface area contributed by atoms with E-state index in [4.69, 9.17) is 0 Å². The molecule has 5 heteroatoms. The second kappa shape index (κ2) is 10.1. The van der Waals surface area contributed by atoms with Gasteiger partial charge in [-0.2, -0.15) is 5.10 Å². The second-order valence-corrected chi connectivity index (χ2v) is 9.64. The molecule has 0 fully saturated rings. The van der Waals surface area contributed by atoms with E-state index >= 15 is 0 Å². The van der Waals surface area contributed by atoms with Crippen LogP contribution < -0.4 is 5.11 Å². The molecule has 0 amide bonds. The van der Waals surface area contributed by atoms with Crippen molar-refractivity contribution in [1.82, 2.24) is 10.2 Å². The van der Waals surface area contributed by atoms with Crippen LogP contribution in [0.25, 0.3) is 0 Å². The van der Waals surface area contributed by atoms with Crippen molar-refractivity contribution in [3.63, 3.8) is 0 Å². The molecule has 0 radical (unpaired) electrons. The third kappa shape index (κ3) is 5.86. The summed E-state index contributed by atoms with van der Waals surface area (Å²) in [6.45, 7) is 6.85. The SMILES string of the molecule is CCCCCCc1cc2c(cc1C#Cc1ccc(CC(=O)[O-])nn1)C(C)(C)CCS2. The minimum absolute atomic E-state index is 0.157. The van der Waals surface area contributed by atoms with E-state index in [1.807, 2.05) is 11.8 Å². The first-order chi connectivity index (χ1) is 14.4. The number of carboxylic acids is 1. The van der Waals surface area contributed by atoms with Gasteiger partial charge in [0.1, 0.15) is 5.69 Å². The Morgan fingerprint density at radius 3 is 2.70 bits per heavy atom. The summed E-state index contributed by atoms with van der Waals surface area (Å²) >= 11 is 1.95. The number of benzene rings is 1. The number of aliphatic carboxylic acids is 1. The molecule has 1 aliphatic heterocycles. The average molecular weight is 422 g/mol. The van der Waals surface area contributed by atoms with Crippen molar-refractivity contribution in [2.45, 2.75) is 76.0 Å². The number of hydrogen-bond acceptors (Lipinski definition) is 5. The summed E-state index contributed by atoms with van der Waals surface area (Å²) in [5.74, 6) is 6.45. The Balaban J connectivity index is 1.90. The van der Waals surface area contributed by atoms with Gasteiger partial charge in [0.05, 0.1) is 5.69 Å². The van der Waals surface area contributed by atoms with E-state index in [-0.39, 0.29) is 11.8 Å². The Bertz CT molecular complexity index is 956. The number of carboxylic acid groups (broad SMARTS) is 1. The van der Waals surface area contributed by atoms with Gasteiger partial charge >= 0.3 is 0 Å². The van der Waals surface area contributed by atoms with E-state index in [0.29, 0.717) is 11.4 Å². The van der Waals surface area contributed by atoms with Crippen molar-refractivity contribution in [3.8, 4) is 11.8 Å². The summed E-state index contributed by atoms with van der Waals surface area (Å²) in [6, 6.07) is 8.00. The maximum atomic E-state index is 10.7. The Morgan fingerprint density at radius 1 is 1.17 bits per heavy atom. The lowest BCUT2D eigenvalue weighted by molar-refractivity contribution is -0.304. The fourth-order valence-electron chi connectivity index (χ4n) is 3.69. The molecule has 3 rings (SSSR count). The molecular formula is C25H29N2O2S-. The maximum Gasteiger partial charge on any atom is 0.136 e. The Labute approximate surface area is 183 Å². The molecular weight excluding hydrogens is 392 g/mol. The predicted octanol–water partition coefficient (Wildman–Crippen LogP) is 4.07. The first kappa shape index (κ1) is 22.4. The van der Waals surface area contributed by atoms with Crippen LogP contribution in [0.1, 0.15) is 81.0 Å². The Hall–Kier alpha value is -2.32. The number of carbonyl (C=O) groups excluding carboxylic acids is 1. The molecule has 0 saturated heterocycles. The first-order valence-corrected chi connectivity index (χ1v) is 11.7. The van der Waals surface area contributed by atoms with E-state index in [9.17, 15) is 9.90 Å². The lowest BCUT2D eigenvalue weighted by atomic mass is 9.80. The van der Waals surface area contributed by atoms with Gasteiger partial charge in [-0.1, -0.05) is 46.0 Å². The van der Waals surface area contributed by atoms with Crippen LogP contribution in [0, 0.1) is 11.8 Å². The minimum Gasteiger partial charge on any atom is -0.550 e. The van der Waals surface area contributed by atoms with E-state index in [2.05, 4.69) is 54.9 Å². The number of unbranched alkanes of at least 4 members (excludes halogenated alkanes) is 3. The third-order valence-electron chi connectivity index (χ3n) is 5.59. The fraction of sp³-hybridized carbons (Fsp3) is 0.480. The van der Waals surface area contributed by atoms with E-state index in [0.717, 1.165) is 17.7 Å². The van der Waals surface area contributed by atoms with Gasteiger partial charge in [-0.05, 0) is 71.7 Å². The quantitative estimate of drug-likeness (QED) is 0.498. The topological polar surface area (TPSA) is 65.9 Å². The van der Waals surface area contributed by atoms with Crippen LogP contribution in [0.2, 0.25) is 0 Å². The number of hydrogen-bond donors (Lipinski definition) is 0. The molecule has 0 N–H and O–H groups in total. The minimum atomic E-state index is -1.16. The van der Waals surface area contributed by atoms with Crippen LogP contribution >= 0.6 is 11.8 Å². The van der Waals surface area contributed by atoms with E-state index in [1.165, 1.54) is 48.1 Å². The zero-order chi connectivity index (χ0) is 21.6. The molecule has 0 atom stereocenters. The highest BCUT2D eigenvalue weighted by Gasteiger charge is 2.28. The number of carbonyl (C=O) groups is 1. The number of thioether (sulfide) groups is 1. The Kier molecular flexibility index (Phi) is 7.55. The molecule has 0 aliphatic carbocycles. The van der Waals surface area contributed by atoms with Crippen LogP contribution in [-0.2, 0) is 23.1 Å². The van der Waals surface area contributed by atoms with Crippen molar-refractivity contribution in [2.75, 3.05) is 5.75 Å². The number of nitrogens with zero attached hydrogens (tertiary/aromatic N) is 2. The van der Waals surface area contributed by atoms with Crippen LogP contribution in [-0.4, -0.2) is 21.9 Å². The monoisotopic (exact) mass is 421 g/mol. The predicted molar refractivity (Wildman–Crippen MR) is 119 cm³/mol. The van der Waals surface area contributed by atoms with E-state index in [1.54, 1.807) is 12.1 Å². The lowest BCUT2D eigenvalue weighted by Crippen LogP contribution is -2.24. The van der Waals surface area contributed by atoms with Crippen molar-refractivity contribution in [3.05, 3.63) is 52.3 Å². The molecule has 2 aromatic rings. The van der Waals surface area contributed by atoms with Crippen LogP contribution in [0.4, 0.5) is 0 Å². The molecule has 0 bridgehead atoms. The summed E-state index contributed by atoms with van der Waals surface area (Å²) in [5, 5.41) is 18.7. The summed E-state index contributed by atoms with van der Waals surface area (Å²) in [5.41, 5.74) is 4.84. The molecule has 30 heavy (non-hydrogen) atoms. The van der Waals surface area contributed by atoms with Crippen LogP contribution in [0.5, 0.6) is 0 Å². The van der Waals surface area contributed by atoms with Gasteiger partial charge in [-0.15, -0.1) is 16.9 Å². The molecule has 0 spiro atoms. The number of fused-ring (bicyclic) bond motifs is 1. The van der Waals surface area contributed by atoms with Crippen molar-refractivity contribution in [2.24, 2.45) is 0 Å². The number of rotatable bonds is 7. The van der Waals surface area contributed by atoms with Gasteiger partial charge in [0.15, 0.2) is 0 Å². The van der Waals surface area contributed by atoms with Gasteiger partial charge in [0.25, 0.3) is 0 Å². The molecule has 1 aliphatic rings. The van der Waals surface area contributed by atoms with Gasteiger partial charge in [-0.25, -0.2) is 0 Å². The third-order valence-corrected chi connectivity index (χ3v) is 6.65. The van der Waals surface area contributed by atoms with Gasteiger partial charge in [0.2, 0.25) is 0 Å². The van der Waals surface area contributed by atoms with Crippen molar-refractivity contribution >= 4 is 17.7 Å². The lowest BCUT2D eigenvalue weighted by Gasteiger charge is -2.32. The fourth-order valence-corrected chi connectivity index (χ4v) is 5.24. The molecule has 0 unspecified atom stereocenters. The normalized spacial score (nSPS) is 14.5. The Morgan fingerprint density at radius 2 is 2.00 bits per heavy atom. The molecule has 1 aromatic carbocycles. The zero-order valence-corrected chi connectivity index (χ0v) is 18.9. The maximum absolute atomic E-state index is 10.7. The van der Waals surface area contributed by atoms with Crippen molar-refractivity contribution < 1.29 is 9.90 Å². The smallest absolute Gasteiger partial charge is 0.136 e. The summed E-state index contributed by atoms with van der Waals surface area (Å²) in [7, 11) is 0. The molecule has 4 nitrogen and oxygen atoms in total. The van der Waals surface area contributed by atoms with Crippen molar-refractivity contribution in [1.29, 1.82) is 0 Å². The van der Waals surface area contributed by atoms with E-state index < -0.39 is 5.97 Å². The number of aryl methyl sites for hydroxylation is 1. The molecule has 2 heterocycles. The highest BCUT2D eigenvalue weighted by Crippen LogP contribution is 2.42. The molecule has 158 valence electrons.